The quantitative estimate of drug-likeness (QED) is 0.169. The van der Waals surface area contributed by atoms with Crippen LogP contribution in [0.25, 0.3) is 105 Å². The summed E-state index contributed by atoms with van der Waals surface area (Å²) in [5, 5.41) is 17.0. The summed E-state index contributed by atoms with van der Waals surface area (Å²) in [7, 11) is 0. The number of imidazole rings is 1. The van der Waals surface area contributed by atoms with E-state index >= 15 is 0 Å². The van der Waals surface area contributed by atoms with Crippen molar-refractivity contribution < 1.29 is 30.6 Å². The Morgan fingerprint density at radius 2 is 1.20 bits per heavy atom. The Kier molecular flexibility index (Phi) is 11.6. The molecular formula is C64H56N3O2Pt-. The van der Waals surface area contributed by atoms with E-state index in [1.54, 1.807) is 0 Å². The molecule has 0 aliphatic rings. The molecule has 0 atom stereocenters. The molecule has 0 fully saturated rings. The van der Waals surface area contributed by atoms with Crippen LogP contribution < -0.4 is 0 Å². The van der Waals surface area contributed by atoms with E-state index in [0.717, 1.165) is 105 Å². The zero-order chi connectivity index (χ0) is 48.0. The van der Waals surface area contributed by atoms with E-state index < -0.39 is 0 Å². The molecule has 0 aliphatic carbocycles. The number of rotatable bonds is 6. The molecule has 0 spiro atoms. The van der Waals surface area contributed by atoms with Gasteiger partial charge in [-0.3, -0.25) is 9.55 Å². The predicted octanol–water partition coefficient (Wildman–Crippen LogP) is 17.2. The summed E-state index contributed by atoms with van der Waals surface area (Å²) in [5.41, 5.74) is 15.2. The average molecular weight is 1090 g/mol. The van der Waals surface area contributed by atoms with Gasteiger partial charge in [-0.1, -0.05) is 194 Å². The summed E-state index contributed by atoms with van der Waals surface area (Å²) in [6, 6.07) is 61.5. The minimum Gasteiger partial charge on any atom is -0.507 e. The minimum absolute atomic E-state index is 0. The molecule has 3 aromatic heterocycles. The van der Waals surface area contributed by atoms with Crippen molar-refractivity contribution in [3.63, 3.8) is 0 Å². The smallest absolute Gasteiger partial charge is 0.148 e. The van der Waals surface area contributed by atoms with Crippen molar-refractivity contribution in [1.82, 2.24) is 14.5 Å². The van der Waals surface area contributed by atoms with Gasteiger partial charge in [0.2, 0.25) is 0 Å². The van der Waals surface area contributed by atoms with Crippen molar-refractivity contribution in [3.05, 3.63) is 193 Å². The van der Waals surface area contributed by atoms with Gasteiger partial charge >= 0.3 is 0 Å². The predicted molar refractivity (Wildman–Crippen MR) is 287 cm³/mol. The minimum atomic E-state index is -0.345. The van der Waals surface area contributed by atoms with Crippen molar-refractivity contribution in [1.29, 1.82) is 0 Å². The van der Waals surface area contributed by atoms with Gasteiger partial charge in [0.15, 0.2) is 0 Å². The number of pyridine rings is 1. The first-order chi connectivity index (χ1) is 33.0. The summed E-state index contributed by atoms with van der Waals surface area (Å²) in [5.74, 6) is 0.900. The van der Waals surface area contributed by atoms with Gasteiger partial charge in [0.25, 0.3) is 0 Å². The molecule has 350 valence electrons. The Labute approximate surface area is 425 Å². The first-order valence-corrected chi connectivity index (χ1v) is 23.9. The standard InChI is InChI=1S/C64H56N3O2.Pt/c1-62(2,3)45-28-29-54(49(34-45)40-21-14-11-15-22-40)67-55-26-18-25-48(59(55)66-61(67)50-35-46(63(4,5)6)36-52(60(50)68)64(7,8)9)43-31-42(39-19-12-10-13-20-39)32-44(33-43)53-37-57-51(38-65-53)58-47-24-17-16-23-41(47)27-30-56(58)69-57;/h10-32,34-38,68H,1-9H3;/q-1;. The fraction of sp³-hybridized carbons (Fsp3) is 0.188. The second kappa shape index (κ2) is 17.4. The number of phenolic OH excluding ortho intramolecular Hbond substituents is 1. The molecule has 0 saturated heterocycles. The van der Waals surface area contributed by atoms with Crippen LogP contribution in [-0.2, 0) is 37.3 Å². The Balaban J connectivity index is 0.00000567. The van der Waals surface area contributed by atoms with E-state index in [1.807, 2.05) is 18.3 Å². The number of fused-ring (bicyclic) bond motifs is 6. The number of hydrogen-bond acceptors (Lipinski definition) is 4. The summed E-state index contributed by atoms with van der Waals surface area (Å²) < 4.78 is 8.83. The van der Waals surface area contributed by atoms with E-state index in [9.17, 15) is 5.11 Å². The summed E-state index contributed by atoms with van der Waals surface area (Å²) in [4.78, 5) is 10.8. The monoisotopic (exact) mass is 1090 g/mol. The van der Waals surface area contributed by atoms with Crippen LogP contribution in [0.5, 0.6) is 5.75 Å². The number of aromatic hydroxyl groups is 1. The Bertz CT molecular complexity index is 3790. The molecule has 0 saturated carbocycles. The zero-order valence-corrected chi connectivity index (χ0v) is 43.5. The average Bonchev–Trinajstić information content (AvgIpc) is 3.92. The molecule has 8 aromatic carbocycles. The van der Waals surface area contributed by atoms with E-state index in [1.165, 1.54) is 5.56 Å². The first-order valence-electron chi connectivity index (χ1n) is 23.9. The van der Waals surface area contributed by atoms with E-state index in [0.29, 0.717) is 11.4 Å². The molecule has 0 aliphatic heterocycles. The van der Waals surface area contributed by atoms with Gasteiger partial charge in [-0.25, -0.2) is 4.98 Å². The van der Waals surface area contributed by atoms with Crippen LogP contribution >= 0.6 is 0 Å². The van der Waals surface area contributed by atoms with Crippen molar-refractivity contribution in [2.45, 2.75) is 78.6 Å². The second-order valence-corrected chi connectivity index (χ2v) is 21.6. The molecule has 5 nitrogen and oxygen atoms in total. The Morgan fingerprint density at radius 1 is 0.529 bits per heavy atom. The number of benzene rings is 8. The SMILES string of the molecule is CC(C)(C)c1ccc(-n2c(-c3cc(C(C)(C)C)cc(C(C)(C)C)c3O)nc3c(-c4[c-]c(-c5cc6oc7ccc8ccccc8c7c6cn5)cc(-c5ccccc5)c4)cccc32)c(-c2ccccc2)c1.[Pt]. The molecule has 0 radical (unpaired) electrons. The maximum atomic E-state index is 12.6. The summed E-state index contributed by atoms with van der Waals surface area (Å²) in [6.45, 7) is 19.9. The number of nitrogens with zero attached hydrogens (tertiary/aromatic N) is 3. The largest absolute Gasteiger partial charge is 0.507 e. The van der Waals surface area contributed by atoms with Gasteiger partial charge in [-0.2, -0.15) is 0 Å². The first kappa shape index (κ1) is 46.6. The third-order valence-electron chi connectivity index (χ3n) is 13.7. The number of furan rings is 1. The Morgan fingerprint density at radius 3 is 1.91 bits per heavy atom. The van der Waals surface area contributed by atoms with Crippen LogP contribution in [-0.4, -0.2) is 19.6 Å². The van der Waals surface area contributed by atoms with Crippen molar-refractivity contribution >= 4 is 43.7 Å². The number of aromatic nitrogens is 3. The van der Waals surface area contributed by atoms with Gasteiger partial charge in [0.05, 0.1) is 22.3 Å². The number of para-hydroxylation sites is 1. The molecule has 1 N–H and O–H groups in total. The maximum absolute atomic E-state index is 12.6. The van der Waals surface area contributed by atoms with Gasteiger partial charge in [0.1, 0.15) is 22.7 Å². The Hall–Kier alpha value is -7.07. The zero-order valence-electron chi connectivity index (χ0n) is 41.2. The molecule has 0 amide bonds. The normalized spacial score (nSPS) is 12.3. The van der Waals surface area contributed by atoms with Crippen molar-refractivity contribution in [2.75, 3.05) is 0 Å². The molecular weight excluding hydrogens is 1040 g/mol. The van der Waals surface area contributed by atoms with Crippen LogP contribution in [0.1, 0.15) is 79.0 Å². The van der Waals surface area contributed by atoms with Crippen LogP contribution in [0.15, 0.2) is 174 Å². The second-order valence-electron chi connectivity index (χ2n) is 21.6. The summed E-state index contributed by atoms with van der Waals surface area (Å²) >= 11 is 0. The topological polar surface area (TPSA) is 64.1 Å². The molecule has 11 rings (SSSR count). The fourth-order valence-corrected chi connectivity index (χ4v) is 9.84. The molecule has 0 bridgehead atoms. The number of phenols is 1. The van der Waals surface area contributed by atoms with Gasteiger partial charge < -0.3 is 9.52 Å². The van der Waals surface area contributed by atoms with E-state index in [-0.39, 0.29) is 43.1 Å². The summed E-state index contributed by atoms with van der Waals surface area (Å²) in [6.07, 6.45) is 1.94. The third-order valence-corrected chi connectivity index (χ3v) is 13.7. The van der Waals surface area contributed by atoms with Gasteiger partial charge in [-0.15, -0.1) is 23.8 Å². The maximum Gasteiger partial charge on any atom is 0.148 e. The number of hydrogen-bond donors (Lipinski definition) is 1. The molecule has 0 unspecified atom stereocenters. The fourth-order valence-electron chi connectivity index (χ4n) is 9.84. The van der Waals surface area contributed by atoms with Crippen molar-refractivity contribution in [3.8, 4) is 67.5 Å². The molecule has 6 heteroatoms. The molecule has 70 heavy (non-hydrogen) atoms. The van der Waals surface area contributed by atoms with E-state index in [2.05, 4.69) is 225 Å². The van der Waals surface area contributed by atoms with Crippen LogP contribution in [0, 0.1) is 6.07 Å². The van der Waals surface area contributed by atoms with Gasteiger partial charge in [-0.05, 0) is 85.7 Å². The van der Waals surface area contributed by atoms with Crippen LogP contribution in [0.3, 0.4) is 0 Å². The van der Waals surface area contributed by atoms with Crippen molar-refractivity contribution in [2.24, 2.45) is 0 Å². The van der Waals surface area contributed by atoms with Crippen LogP contribution in [0.4, 0.5) is 0 Å². The molecule has 3 heterocycles. The third kappa shape index (κ3) is 8.24. The molecule has 11 aromatic rings. The van der Waals surface area contributed by atoms with Gasteiger partial charge in [0, 0.05) is 54.9 Å². The van der Waals surface area contributed by atoms with Crippen LogP contribution in [0.2, 0.25) is 0 Å². The van der Waals surface area contributed by atoms with E-state index in [4.69, 9.17) is 14.4 Å².